The van der Waals surface area contributed by atoms with Crippen LogP contribution < -0.4 is 11.1 Å². The molecule has 0 fully saturated rings. The zero-order valence-electron chi connectivity index (χ0n) is 11.2. The monoisotopic (exact) mass is 247 g/mol. The molecule has 1 rings (SSSR count). The second-order valence-corrected chi connectivity index (χ2v) is 4.29. The molecule has 0 saturated heterocycles. The van der Waals surface area contributed by atoms with Crippen molar-refractivity contribution < 1.29 is 4.79 Å². The first-order valence-corrected chi connectivity index (χ1v) is 6.02. The number of allylic oxidation sites excluding steroid dienone is 1. The molecule has 3 N–H and O–H groups in total. The number of benzene rings is 1. The van der Waals surface area contributed by atoms with Crippen LogP contribution in [0, 0.1) is 0 Å². The van der Waals surface area contributed by atoms with E-state index in [-0.39, 0.29) is 5.91 Å². The van der Waals surface area contributed by atoms with Crippen molar-refractivity contribution in [1.29, 1.82) is 0 Å². The Bertz CT molecular complexity index is 439. The van der Waals surface area contributed by atoms with Crippen LogP contribution in [0.4, 0.5) is 11.4 Å². The number of carbonyl (C=O) groups excluding carboxylic acids is 1. The molecule has 1 aromatic carbocycles. The summed E-state index contributed by atoms with van der Waals surface area (Å²) in [7, 11) is 3.48. The first-order chi connectivity index (χ1) is 8.56. The molecule has 1 amide bonds. The highest BCUT2D eigenvalue weighted by Crippen LogP contribution is 2.20. The Morgan fingerprint density at radius 1 is 1.44 bits per heavy atom. The van der Waals surface area contributed by atoms with E-state index < -0.39 is 0 Å². The van der Waals surface area contributed by atoms with Crippen LogP contribution in [0.2, 0.25) is 0 Å². The van der Waals surface area contributed by atoms with Gasteiger partial charge in [-0.2, -0.15) is 0 Å². The van der Waals surface area contributed by atoms with Crippen LogP contribution in [0.1, 0.15) is 23.7 Å². The Balaban J connectivity index is 2.86. The van der Waals surface area contributed by atoms with Crippen LogP contribution in [0.25, 0.3) is 0 Å². The number of anilines is 2. The lowest BCUT2D eigenvalue weighted by Crippen LogP contribution is -2.23. The SMILES string of the molecule is C/C=C/CCNc1cc(N)ccc1C(=O)N(C)C. The van der Waals surface area contributed by atoms with Crippen molar-refractivity contribution in [2.75, 3.05) is 31.7 Å². The van der Waals surface area contributed by atoms with Gasteiger partial charge in [-0.25, -0.2) is 0 Å². The quantitative estimate of drug-likeness (QED) is 0.477. The molecule has 0 unspecified atom stereocenters. The van der Waals surface area contributed by atoms with Gasteiger partial charge in [0.15, 0.2) is 0 Å². The summed E-state index contributed by atoms with van der Waals surface area (Å²) in [6.45, 7) is 2.77. The van der Waals surface area contributed by atoms with Gasteiger partial charge in [-0.1, -0.05) is 12.2 Å². The first kappa shape index (κ1) is 14.1. The molecular formula is C14H21N3O. The standard InChI is InChI=1S/C14H21N3O/c1-4-5-6-9-16-13-10-11(15)7-8-12(13)14(18)17(2)3/h4-5,7-8,10,16H,6,9,15H2,1-3H3/b5-4+. The molecule has 0 aliphatic rings. The van der Waals surface area contributed by atoms with Gasteiger partial charge in [0, 0.05) is 32.0 Å². The number of nitrogens with one attached hydrogen (secondary N) is 1. The third-order valence-corrected chi connectivity index (χ3v) is 2.54. The normalized spacial score (nSPS) is 10.6. The number of hydrogen-bond donors (Lipinski definition) is 2. The number of amides is 1. The van der Waals surface area contributed by atoms with E-state index in [1.54, 1.807) is 37.2 Å². The lowest BCUT2D eigenvalue weighted by atomic mass is 10.1. The summed E-state index contributed by atoms with van der Waals surface area (Å²) >= 11 is 0. The molecule has 0 aromatic heterocycles. The molecule has 0 aliphatic carbocycles. The van der Waals surface area contributed by atoms with E-state index in [1.807, 2.05) is 13.0 Å². The Hall–Kier alpha value is -1.97. The molecular weight excluding hydrogens is 226 g/mol. The van der Waals surface area contributed by atoms with Crippen molar-refractivity contribution in [3.8, 4) is 0 Å². The summed E-state index contributed by atoms with van der Waals surface area (Å²) < 4.78 is 0. The van der Waals surface area contributed by atoms with Crippen LogP contribution in [-0.4, -0.2) is 31.4 Å². The molecule has 4 nitrogen and oxygen atoms in total. The fraction of sp³-hybridized carbons (Fsp3) is 0.357. The Morgan fingerprint density at radius 2 is 2.17 bits per heavy atom. The third kappa shape index (κ3) is 3.80. The van der Waals surface area contributed by atoms with Gasteiger partial charge in [0.05, 0.1) is 5.56 Å². The number of hydrogen-bond acceptors (Lipinski definition) is 3. The van der Waals surface area contributed by atoms with Gasteiger partial charge in [0.2, 0.25) is 0 Å². The predicted molar refractivity (Wildman–Crippen MR) is 76.8 cm³/mol. The number of rotatable bonds is 5. The van der Waals surface area contributed by atoms with Gasteiger partial charge in [-0.3, -0.25) is 4.79 Å². The second-order valence-electron chi connectivity index (χ2n) is 4.29. The van der Waals surface area contributed by atoms with Gasteiger partial charge >= 0.3 is 0 Å². The van der Waals surface area contributed by atoms with Gasteiger partial charge in [0.25, 0.3) is 5.91 Å². The Morgan fingerprint density at radius 3 is 2.78 bits per heavy atom. The average molecular weight is 247 g/mol. The van der Waals surface area contributed by atoms with Gasteiger partial charge in [-0.05, 0) is 31.5 Å². The summed E-state index contributed by atoms with van der Waals surface area (Å²) in [5, 5.41) is 3.25. The third-order valence-electron chi connectivity index (χ3n) is 2.54. The summed E-state index contributed by atoms with van der Waals surface area (Å²) in [6, 6.07) is 5.30. The largest absolute Gasteiger partial charge is 0.399 e. The molecule has 0 atom stereocenters. The Kier molecular flexibility index (Phi) is 5.24. The highest BCUT2D eigenvalue weighted by atomic mass is 16.2. The Labute approximate surface area is 108 Å². The minimum Gasteiger partial charge on any atom is -0.399 e. The van der Waals surface area contributed by atoms with Crippen molar-refractivity contribution in [2.45, 2.75) is 13.3 Å². The van der Waals surface area contributed by atoms with Crippen LogP contribution in [0.5, 0.6) is 0 Å². The van der Waals surface area contributed by atoms with Crippen molar-refractivity contribution in [2.24, 2.45) is 0 Å². The molecule has 18 heavy (non-hydrogen) atoms. The highest BCUT2D eigenvalue weighted by molar-refractivity contribution is 5.99. The maximum Gasteiger partial charge on any atom is 0.255 e. The summed E-state index contributed by atoms with van der Waals surface area (Å²) in [4.78, 5) is 13.6. The van der Waals surface area contributed by atoms with E-state index in [2.05, 4.69) is 11.4 Å². The van der Waals surface area contributed by atoms with Crippen LogP contribution in [0.15, 0.2) is 30.4 Å². The van der Waals surface area contributed by atoms with Crippen molar-refractivity contribution in [3.63, 3.8) is 0 Å². The molecule has 0 spiro atoms. The van der Waals surface area contributed by atoms with Gasteiger partial charge in [-0.15, -0.1) is 0 Å². The number of nitrogen functional groups attached to an aromatic ring is 1. The van der Waals surface area contributed by atoms with Crippen LogP contribution >= 0.6 is 0 Å². The van der Waals surface area contributed by atoms with Gasteiger partial charge < -0.3 is 16.0 Å². The van der Waals surface area contributed by atoms with E-state index in [4.69, 9.17) is 5.73 Å². The molecule has 0 saturated carbocycles. The lowest BCUT2D eigenvalue weighted by Gasteiger charge is -2.15. The second kappa shape index (κ2) is 6.69. The van der Waals surface area contributed by atoms with Crippen LogP contribution in [-0.2, 0) is 0 Å². The summed E-state index contributed by atoms with van der Waals surface area (Å²) in [5.41, 5.74) is 7.84. The minimum atomic E-state index is -0.0245. The summed E-state index contributed by atoms with van der Waals surface area (Å²) in [6.07, 6.45) is 5.00. The molecule has 0 aliphatic heterocycles. The first-order valence-electron chi connectivity index (χ1n) is 6.02. The maximum absolute atomic E-state index is 12.0. The van der Waals surface area contributed by atoms with Crippen LogP contribution in [0.3, 0.4) is 0 Å². The van der Waals surface area contributed by atoms with E-state index in [0.717, 1.165) is 18.7 Å². The molecule has 0 bridgehead atoms. The van der Waals surface area contributed by atoms with Crippen molar-refractivity contribution in [1.82, 2.24) is 4.90 Å². The molecule has 98 valence electrons. The van der Waals surface area contributed by atoms with E-state index >= 15 is 0 Å². The molecule has 0 radical (unpaired) electrons. The van der Waals surface area contributed by atoms with Gasteiger partial charge in [0.1, 0.15) is 0 Å². The fourth-order valence-corrected chi connectivity index (χ4v) is 1.59. The number of carbonyl (C=O) groups is 1. The van der Waals surface area contributed by atoms with E-state index in [0.29, 0.717) is 11.3 Å². The maximum atomic E-state index is 12.0. The molecule has 0 heterocycles. The molecule has 4 heteroatoms. The lowest BCUT2D eigenvalue weighted by molar-refractivity contribution is 0.0828. The van der Waals surface area contributed by atoms with Crippen molar-refractivity contribution >= 4 is 17.3 Å². The molecule has 1 aromatic rings. The smallest absolute Gasteiger partial charge is 0.255 e. The zero-order chi connectivity index (χ0) is 13.5. The fourth-order valence-electron chi connectivity index (χ4n) is 1.59. The van der Waals surface area contributed by atoms with E-state index in [1.165, 1.54) is 0 Å². The topological polar surface area (TPSA) is 58.4 Å². The highest BCUT2D eigenvalue weighted by Gasteiger charge is 2.12. The minimum absolute atomic E-state index is 0.0245. The van der Waals surface area contributed by atoms with Crippen molar-refractivity contribution in [3.05, 3.63) is 35.9 Å². The zero-order valence-corrected chi connectivity index (χ0v) is 11.2. The summed E-state index contributed by atoms with van der Waals surface area (Å²) in [5.74, 6) is -0.0245. The average Bonchev–Trinajstić information content (AvgIpc) is 2.34. The number of nitrogens with zero attached hydrogens (tertiary/aromatic N) is 1. The number of nitrogens with two attached hydrogens (primary N) is 1. The van der Waals surface area contributed by atoms with E-state index in [9.17, 15) is 4.79 Å². The predicted octanol–water partition coefficient (Wildman–Crippen LogP) is 2.35.